The molecule has 3 rings (SSSR count). The summed E-state index contributed by atoms with van der Waals surface area (Å²) in [4.78, 5) is 26.7. The molecule has 1 fully saturated rings. The van der Waals surface area contributed by atoms with E-state index in [2.05, 4.69) is 10.6 Å². The Labute approximate surface area is 167 Å². The maximum atomic E-state index is 12.6. The zero-order valence-corrected chi connectivity index (χ0v) is 16.8. The van der Waals surface area contributed by atoms with Gasteiger partial charge >= 0.3 is 0 Å². The van der Waals surface area contributed by atoms with Gasteiger partial charge in [0.05, 0.1) is 6.54 Å². The van der Waals surface area contributed by atoms with E-state index >= 15 is 0 Å². The molecule has 1 aliphatic heterocycles. The highest BCUT2D eigenvalue weighted by Crippen LogP contribution is 2.16. The van der Waals surface area contributed by atoms with E-state index in [0.29, 0.717) is 5.56 Å². The fourth-order valence-electron chi connectivity index (χ4n) is 3.39. The van der Waals surface area contributed by atoms with Crippen LogP contribution >= 0.6 is 0 Å². The minimum absolute atomic E-state index is 0.0981. The summed E-state index contributed by atoms with van der Waals surface area (Å²) in [6.45, 7) is 5.93. The largest absolute Gasteiger partial charge is 0.376 e. The Balaban J connectivity index is 1.51. The number of carbonyl (C=O) groups excluding carboxylic acids is 2. The maximum absolute atomic E-state index is 12.6. The number of hydrogen-bond donors (Lipinski definition) is 2. The van der Waals surface area contributed by atoms with Crippen molar-refractivity contribution in [2.24, 2.45) is 0 Å². The van der Waals surface area contributed by atoms with Crippen LogP contribution in [0, 0.1) is 13.8 Å². The molecule has 148 valence electrons. The molecule has 0 unspecified atom stereocenters. The molecule has 1 aliphatic rings. The lowest BCUT2D eigenvalue weighted by atomic mass is 10.1. The van der Waals surface area contributed by atoms with Crippen molar-refractivity contribution in [3.63, 3.8) is 0 Å². The smallest absolute Gasteiger partial charge is 0.253 e. The number of benzene rings is 2. The van der Waals surface area contributed by atoms with Crippen molar-refractivity contribution in [1.82, 2.24) is 4.90 Å². The van der Waals surface area contributed by atoms with Gasteiger partial charge in [-0.2, -0.15) is 0 Å². The summed E-state index contributed by atoms with van der Waals surface area (Å²) < 4.78 is 0. The molecule has 0 aromatic heterocycles. The summed E-state index contributed by atoms with van der Waals surface area (Å²) in [5, 5.41) is 6.01. The third-order valence-corrected chi connectivity index (χ3v) is 5.27. The molecule has 2 N–H and O–H groups in total. The molecule has 1 heterocycles. The third-order valence-electron chi connectivity index (χ3n) is 5.27. The molecular weight excluding hydrogens is 350 g/mol. The highest BCUT2D eigenvalue weighted by atomic mass is 16.2. The summed E-state index contributed by atoms with van der Waals surface area (Å²) in [6, 6.07) is 13.2. The minimum Gasteiger partial charge on any atom is -0.376 e. The predicted octanol–water partition coefficient (Wildman–Crippen LogP) is 4.37. The molecule has 2 amide bonds. The van der Waals surface area contributed by atoms with Crippen LogP contribution in [0.5, 0.6) is 0 Å². The SMILES string of the molecule is Cc1ccc(NC(=O)CNc2ccc(C(=O)N3CCCCCC3)cc2)cc1C. The molecule has 28 heavy (non-hydrogen) atoms. The van der Waals surface area contributed by atoms with Crippen molar-refractivity contribution in [1.29, 1.82) is 0 Å². The first-order chi connectivity index (χ1) is 13.5. The number of rotatable bonds is 5. The summed E-state index contributed by atoms with van der Waals surface area (Å²) in [6.07, 6.45) is 4.58. The van der Waals surface area contributed by atoms with Crippen LogP contribution in [0.25, 0.3) is 0 Å². The molecule has 0 spiro atoms. The van der Waals surface area contributed by atoms with Gasteiger partial charge in [0.1, 0.15) is 0 Å². The number of likely N-dealkylation sites (tertiary alicyclic amines) is 1. The zero-order chi connectivity index (χ0) is 19.9. The lowest BCUT2D eigenvalue weighted by Crippen LogP contribution is -2.31. The Morgan fingerprint density at radius 2 is 1.50 bits per heavy atom. The molecule has 0 bridgehead atoms. The van der Waals surface area contributed by atoms with E-state index in [4.69, 9.17) is 0 Å². The summed E-state index contributed by atoms with van der Waals surface area (Å²) in [5.41, 5.74) is 4.67. The van der Waals surface area contributed by atoms with Crippen molar-refractivity contribution >= 4 is 23.2 Å². The first-order valence-electron chi connectivity index (χ1n) is 10.0. The van der Waals surface area contributed by atoms with E-state index in [1.807, 2.05) is 61.2 Å². The van der Waals surface area contributed by atoms with Gasteiger partial charge in [-0.05, 0) is 74.2 Å². The second-order valence-electron chi connectivity index (χ2n) is 7.48. The first-order valence-corrected chi connectivity index (χ1v) is 10.0. The first kappa shape index (κ1) is 19.9. The average molecular weight is 380 g/mol. The molecular formula is C23H29N3O2. The number of nitrogens with zero attached hydrogens (tertiary/aromatic N) is 1. The van der Waals surface area contributed by atoms with Crippen molar-refractivity contribution in [2.75, 3.05) is 30.3 Å². The van der Waals surface area contributed by atoms with E-state index < -0.39 is 0 Å². The molecule has 2 aromatic rings. The Morgan fingerprint density at radius 1 is 0.857 bits per heavy atom. The van der Waals surface area contributed by atoms with Gasteiger partial charge < -0.3 is 15.5 Å². The quantitative estimate of drug-likeness (QED) is 0.811. The van der Waals surface area contributed by atoms with Gasteiger partial charge in [0.15, 0.2) is 0 Å². The lowest BCUT2D eigenvalue weighted by molar-refractivity contribution is -0.114. The zero-order valence-electron chi connectivity index (χ0n) is 16.8. The van der Waals surface area contributed by atoms with E-state index in [1.54, 1.807) is 0 Å². The van der Waals surface area contributed by atoms with Gasteiger partial charge in [0.25, 0.3) is 5.91 Å². The maximum Gasteiger partial charge on any atom is 0.253 e. The highest BCUT2D eigenvalue weighted by molar-refractivity contribution is 5.95. The lowest BCUT2D eigenvalue weighted by Gasteiger charge is -2.20. The number of nitrogens with one attached hydrogen (secondary N) is 2. The van der Waals surface area contributed by atoms with E-state index in [1.165, 1.54) is 18.4 Å². The fraction of sp³-hybridized carbons (Fsp3) is 0.391. The topological polar surface area (TPSA) is 61.4 Å². The number of amides is 2. The summed E-state index contributed by atoms with van der Waals surface area (Å²) in [7, 11) is 0. The number of hydrogen-bond acceptors (Lipinski definition) is 3. The van der Waals surface area contributed by atoms with E-state index in [-0.39, 0.29) is 18.4 Å². The van der Waals surface area contributed by atoms with Gasteiger partial charge in [-0.15, -0.1) is 0 Å². The van der Waals surface area contributed by atoms with Crippen LogP contribution in [0.3, 0.4) is 0 Å². The normalized spacial score (nSPS) is 14.3. The Bertz CT molecular complexity index is 822. The van der Waals surface area contributed by atoms with Crippen LogP contribution in [0.4, 0.5) is 11.4 Å². The van der Waals surface area contributed by atoms with Gasteiger partial charge in [-0.25, -0.2) is 0 Å². The Morgan fingerprint density at radius 3 is 2.14 bits per heavy atom. The Kier molecular flexibility index (Phi) is 6.69. The molecule has 1 saturated heterocycles. The molecule has 0 radical (unpaired) electrons. The second-order valence-corrected chi connectivity index (χ2v) is 7.48. The van der Waals surface area contributed by atoms with Gasteiger partial charge in [0, 0.05) is 30.0 Å². The van der Waals surface area contributed by atoms with Crippen LogP contribution in [0.15, 0.2) is 42.5 Å². The van der Waals surface area contributed by atoms with Crippen molar-refractivity contribution < 1.29 is 9.59 Å². The number of anilines is 2. The van der Waals surface area contributed by atoms with Crippen LogP contribution in [0.2, 0.25) is 0 Å². The van der Waals surface area contributed by atoms with Crippen LogP contribution in [-0.2, 0) is 4.79 Å². The van der Waals surface area contributed by atoms with Crippen molar-refractivity contribution in [2.45, 2.75) is 39.5 Å². The van der Waals surface area contributed by atoms with Crippen LogP contribution in [0.1, 0.15) is 47.2 Å². The molecule has 0 atom stereocenters. The Hall–Kier alpha value is -2.82. The van der Waals surface area contributed by atoms with Gasteiger partial charge in [-0.3, -0.25) is 9.59 Å². The van der Waals surface area contributed by atoms with Gasteiger partial charge in [-0.1, -0.05) is 18.9 Å². The van der Waals surface area contributed by atoms with Crippen LogP contribution < -0.4 is 10.6 Å². The highest BCUT2D eigenvalue weighted by Gasteiger charge is 2.17. The molecule has 2 aromatic carbocycles. The standard InChI is InChI=1S/C23H29N3O2/c1-17-7-10-21(15-18(17)2)25-22(27)16-24-20-11-8-19(9-12-20)23(28)26-13-5-3-4-6-14-26/h7-12,15,24H,3-6,13-14,16H2,1-2H3,(H,25,27). The van der Waals surface area contributed by atoms with E-state index in [9.17, 15) is 9.59 Å². The van der Waals surface area contributed by atoms with Crippen LogP contribution in [-0.4, -0.2) is 36.3 Å². The van der Waals surface area contributed by atoms with E-state index in [0.717, 1.165) is 42.9 Å². The molecule has 5 nitrogen and oxygen atoms in total. The molecule has 5 heteroatoms. The number of aryl methyl sites for hydroxylation is 2. The number of carbonyl (C=O) groups is 2. The monoisotopic (exact) mass is 379 g/mol. The van der Waals surface area contributed by atoms with Crippen molar-refractivity contribution in [3.05, 3.63) is 59.2 Å². The summed E-state index contributed by atoms with van der Waals surface area (Å²) in [5.74, 6) is -0.00564. The molecule has 0 saturated carbocycles. The van der Waals surface area contributed by atoms with Crippen molar-refractivity contribution in [3.8, 4) is 0 Å². The average Bonchev–Trinajstić information content (AvgIpc) is 2.99. The second kappa shape index (κ2) is 9.40. The minimum atomic E-state index is -0.104. The summed E-state index contributed by atoms with van der Waals surface area (Å²) >= 11 is 0. The van der Waals surface area contributed by atoms with Gasteiger partial charge in [0.2, 0.25) is 5.91 Å². The third kappa shape index (κ3) is 5.35. The fourth-order valence-corrected chi connectivity index (χ4v) is 3.39. The molecule has 0 aliphatic carbocycles. The predicted molar refractivity (Wildman–Crippen MR) is 114 cm³/mol.